The quantitative estimate of drug-likeness (QED) is 0.874. The molecular weight excluding hydrogens is 240 g/mol. The molecule has 0 saturated carbocycles. The molecule has 0 radical (unpaired) electrons. The van der Waals surface area contributed by atoms with E-state index in [4.69, 9.17) is 0 Å². The molecule has 0 spiro atoms. The molecule has 1 atom stereocenters. The molecule has 1 aliphatic rings. The summed E-state index contributed by atoms with van der Waals surface area (Å²) >= 11 is 0. The van der Waals surface area contributed by atoms with E-state index in [1.165, 1.54) is 4.57 Å². The third-order valence-corrected chi connectivity index (χ3v) is 2.98. The van der Waals surface area contributed by atoms with E-state index in [0.29, 0.717) is 18.9 Å². The van der Waals surface area contributed by atoms with Crippen molar-refractivity contribution in [3.05, 3.63) is 41.7 Å². The van der Waals surface area contributed by atoms with Crippen molar-refractivity contribution in [2.75, 3.05) is 6.54 Å². The highest BCUT2D eigenvalue weighted by Gasteiger charge is 2.28. The van der Waals surface area contributed by atoms with Crippen molar-refractivity contribution in [1.82, 2.24) is 25.1 Å². The molecule has 0 saturated heterocycles. The fraction of sp³-hybridized carbons (Fsp3) is 0.364. The van der Waals surface area contributed by atoms with Crippen LogP contribution < -0.4 is 5.32 Å². The second-order valence-electron chi connectivity index (χ2n) is 4.04. The fourth-order valence-corrected chi connectivity index (χ4v) is 2.17. The van der Waals surface area contributed by atoms with Crippen molar-refractivity contribution >= 4 is 0 Å². The van der Waals surface area contributed by atoms with E-state index in [0.717, 1.165) is 5.56 Å². The van der Waals surface area contributed by atoms with Crippen LogP contribution in [-0.4, -0.2) is 26.3 Å². The second kappa shape index (κ2) is 4.41. The molecule has 7 heteroatoms. The molecule has 1 unspecified atom stereocenters. The van der Waals surface area contributed by atoms with Crippen molar-refractivity contribution < 1.29 is 8.78 Å². The molecule has 94 valence electrons. The summed E-state index contributed by atoms with van der Waals surface area (Å²) in [6, 6.07) is 3.47. The first-order valence-electron chi connectivity index (χ1n) is 5.62. The number of aromatic nitrogens is 4. The minimum absolute atomic E-state index is 0.207. The summed E-state index contributed by atoms with van der Waals surface area (Å²) in [5, 5.41) is 10.7. The van der Waals surface area contributed by atoms with E-state index in [1.807, 2.05) is 12.1 Å². The normalized spacial score (nSPS) is 18.9. The summed E-state index contributed by atoms with van der Waals surface area (Å²) in [7, 11) is 0. The number of nitrogens with one attached hydrogen (secondary N) is 1. The lowest BCUT2D eigenvalue weighted by atomic mass is 10.1. The van der Waals surface area contributed by atoms with Crippen LogP contribution in [0, 0.1) is 0 Å². The number of hydrogen-bond donors (Lipinski definition) is 1. The SMILES string of the molecule is FC(F)c1nnc2n1CCNC2c1ccncc1. The van der Waals surface area contributed by atoms with Gasteiger partial charge in [0, 0.05) is 25.5 Å². The average Bonchev–Trinajstić information content (AvgIpc) is 2.83. The van der Waals surface area contributed by atoms with E-state index < -0.39 is 6.43 Å². The molecule has 2 aromatic heterocycles. The topological polar surface area (TPSA) is 55.6 Å². The number of rotatable bonds is 2. The standard InChI is InChI=1S/C11H11F2N5/c12-9(13)11-17-16-10-8(15-5-6-18(10)11)7-1-3-14-4-2-7/h1-4,8-9,15H,5-6H2. The first kappa shape index (κ1) is 11.2. The van der Waals surface area contributed by atoms with Gasteiger partial charge in [-0.15, -0.1) is 10.2 Å². The Kier molecular flexibility index (Phi) is 2.75. The molecular formula is C11H11F2N5. The molecule has 5 nitrogen and oxygen atoms in total. The van der Waals surface area contributed by atoms with Gasteiger partial charge in [-0.05, 0) is 17.7 Å². The van der Waals surface area contributed by atoms with E-state index in [-0.39, 0.29) is 11.9 Å². The number of halogens is 2. The average molecular weight is 251 g/mol. The van der Waals surface area contributed by atoms with Gasteiger partial charge in [0.05, 0.1) is 6.04 Å². The predicted octanol–water partition coefficient (Wildman–Crippen LogP) is 1.30. The van der Waals surface area contributed by atoms with Gasteiger partial charge >= 0.3 is 0 Å². The minimum Gasteiger partial charge on any atom is -0.307 e. The molecule has 1 N–H and O–H groups in total. The van der Waals surface area contributed by atoms with E-state index in [9.17, 15) is 8.78 Å². The van der Waals surface area contributed by atoms with Crippen LogP contribution in [0.4, 0.5) is 8.78 Å². The zero-order chi connectivity index (χ0) is 12.5. The number of pyridine rings is 1. The predicted molar refractivity (Wildman–Crippen MR) is 59.1 cm³/mol. The van der Waals surface area contributed by atoms with Crippen LogP contribution in [0.1, 0.15) is 29.7 Å². The van der Waals surface area contributed by atoms with E-state index >= 15 is 0 Å². The summed E-state index contributed by atoms with van der Waals surface area (Å²) in [4.78, 5) is 3.94. The maximum atomic E-state index is 12.8. The highest BCUT2D eigenvalue weighted by molar-refractivity contribution is 5.24. The lowest BCUT2D eigenvalue weighted by Gasteiger charge is -2.25. The lowest BCUT2D eigenvalue weighted by molar-refractivity contribution is 0.133. The number of nitrogens with zero attached hydrogens (tertiary/aromatic N) is 4. The summed E-state index contributed by atoms with van der Waals surface area (Å²) in [6.45, 7) is 1.07. The van der Waals surface area contributed by atoms with Crippen molar-refractivity contribution in [2.45, 2.75) is 19.0 Å². The van der Waals surface area contributed by atoms with Crippen molar-refractivity contribution in [3.63, 3.8) is 0 Å². The molecule has 2 aromatic rings. The van der Waals surface area contributed by atoms with Crippen molar-refractivity contribution in [1.29, 1.82) is 0 Å². The van der Waals surface area contributed by atoms with Crippen LogP contribution in [0.5, 0.6) is 0 Å². The van der Waals surface area contributed by atoms with Gasteiger partial charge in [-0.3, -0.25) is 4.98 Å². The van der Waals surface area contributed by atoms with Crippen LogP contribution in [-0.2, 0) is 6.54 Å². The van der Waals surface area contributed by atoms with Crippen LogP contribution in [0.3, 0.4) is 0 Å². The molecule has 0 fully saturated rings. The monoisotopic (exact) mass is 251 g/mol. The Balaban J connectivity index is 2.03. The summed E-state index contributed by atoms with van der Waals surface area (Å²) in [5.41, 5.74) is 0.944. The van der Waals surface area contributed by atoms with Gasteiger partial charge in [-0.1, -0.05) is 0 Å². The fourth-order valence-electron chi connectivity index (χ4n) is 2.17. The van der Waals surface area contributed by atoms with Crippen molar-refractivity contribution in [3.8, 4) is 0 Å². The van der Waals surface area contributed by atoms with Crippen LogP contribution in [0.15, 0.2) is 24.5 Å². The van der Waals surface area contributed by atoms with E-state index in [1.54, 1.807) is 12.4 Å². The Labute approximate surface area is 102 Å². The Morgan fingerprint density at radius 1 is 1.28 bits per heavy atom. The third kappa shape index (κ3) is 1.76. The van der Waals surface area contributed by atoms with Gasteiger partial charge in [0.1, 0.15) is 0 Å². The molecule has 0 bridgehead atoms. The third-order valence-electron chi connectivity index (χ3n) is 2.98. The Hall–Kier alpha value is -1.89. The molecule has 0 aromatic carbocycles. The minimum atomic E-state index is -2.59. The highest BCUT2D eigenvalue weighted by Crippen LogP contribution is 2.26. The molecule has 18 heavy (non-hydrogen) atoms. The van der Waals surface area contributed by atoms with Gasteiger partial charge < -0.3 is 9.88 Å². The molecule has 3 rings (SSSR count). The summed E-state index contributed by atoms with van der Waals surface area (Å²) in [5.74, 6) is 0.272. The van der Waals surface area contributed by atoms with Gasteiger partial charge in [0.25, 0.3) is 6.43 Å². The second-order valence-corrected chi connectivity index (χ2v) is 4.04. The number of alkyl halides is 2. The Morgan fingerprint density at radius 2 is 2.06 bits per heavy atom. The molecule has 0 amide bonds. The maximum absolute atomic E-state index is 12.8. The van der Waals surface area contributed by atoms with Crippen LogP contribution in [0.25, 0.3) is 0 Å². The Morgan fingerprint density at radius 3 is 2.78 bits per heavy atom. The van der Waals surface area contributed by atoms with Gasteiger partial charge in [0.2, 0.25) is 0 Å². The van der Waals surface area contributed by atoms with Gasteiger partial charge in [-0.2, -0.15) is 0 Å². The smallest absolute Gasteiger partial charge is 0.297 e. The number of hydrogen-bond acceptors (Lipinski definition) is 4. The van der Waals surface area contributed by atoms with Gasteiger partial charge in [0.15, 0.2) is 11.6 Å². The Bertz CT molecular complexity index is 540. The van der Waals surface area contributed by atoms with E-state index in [2.05, 4.69) is 20.5 Å². The molecule has 0 aliphatic carbocycles. The van der Waals surface area contributed by atoms with Gasteiger partial charge in [-0.25, -0.2) is 8.78 Å². The largest absolute Gasteiger partial charge is 0.307 e. The first-order chi connectivity index (χ1) is 8.77. The van der Waals surface area contributed by atoms with Crippen molar-refractivity contribution in [2.24, 2.45) is 0 Å². The molecule has 1 aliphatic heterocycles. The van der Waals surface area contributed by atoms with Crippen LogP contribution in [0.2, 0.25) is 0 Å². The summed E-state index contributed by atoms with van der Waals surface area (Å²) in [6.07, 6.45) is 0.739. The summed E-state index contributed by atoms with van der Waals surface area (Å²) < 4.78 is 27.0. The zero-order valence-corrected chi connectivity index (χ0v) is 9.42. The first-order valence-corrected chi connectivity index (χ1v) is 5.62. The molecule has 3 heterocycles. The lowest BCUT2D eigenvalue weighted by Crippen LogP contribution is -2.35. The number of fused-ring (bicyclic) bond motifs is 1. The van der Waals surface area contributed by atoms with Crippen LogP contribution >= 0.6 is 0 Å². The maximum Gasteiger partial charge on any atom is 0.297 e. The zero-order valence-electron chi connectivity index (χ0n) is 9.42. The highest BCUT2D eigenvalue weighted by atomic mass is 19.3.